The number of nitrogens with zero attached hydrogens (tertiary/aromatic N) is 3. The van der Waals surface area contributed by atoms with Gasteiger partial charge in [0.05, 0.1) is 23.0 Å². The molecule has 2 aliphatic heterocycles. The van der Waals surface area contributed by atoms with Gasteiger partial charge in [-0.3, -0.25) is 0 Å². The average molecular weight is 392 g/mol. The van der Waals surface area contributed by atoms with Gasteiger partial charge in [0.1, 0.15) is 5.82 Å². The molecule has 0 radical (unpaired) electrons. The van der Waals surface area contributed by atoms with Gasteiger partial charge in [-0.1, -0.05) is 41.9 Å². The van der Waals surface area contributed by atoms with E-state index in [1.54, 1.807) is 4.31 Å². The molecule has 2 aromatic rings. The van der Waals surface area contributed by atoms with Crippen LogP contribution in [-0.4, -0.2) is 43.6 Å². The number of anilines is 1. The summed E-state index contributed by atoms with van der Waals surface area (Å²) in [4.78, 5) is 6.87. The van der Waals surface area contributed by atoms with Crippen LogP contribution in [0, 0.1) is 18.8 Å². The molecule has 0 N–H and O–H groups in total. The van der Waals surface area contributed by atoms with Crippen LogP contribution in [-0.2, 0) is 10.0 Å². The molecule has 3 heterocycles. The highest BCUT2D eigenvalue weighted by Crippen LogP contribution is 2.46. The summed E-state index contributed by atoms with van der Waals surface area (Å²) >= 11 is 6.10. The number of rotatable bonds is 3. The van der Waals surface area contributed by atoms with Crippen molar-refractivity contribution in [2.24, 2.45) is 11.8 Å². The number of halogens is 1. The number of sulfonamides is 1. The summed E-state index contributed by atoms with van der Waals surface area (Å²) < 4.78 is 26.4. The molecule has 5 nitrogen and oxygen atoms in total. The first-order valence-corrected chi connectivity index (χ1v) is 11.0. The predicted octanol–water partition coefficient (Wildman–Crippen LogP) is 3.11. The number of hydrogen-bond acceptors (Lipinski definition) is 4. The van der Waals surface area contributed by atoms with Crippen LogP contribution in [0.15, 0.2) is 42.5 Å². The van der Waals surface area contributed by atoms with Gasteiger partial charge >= 0.3 is 0 Å². The van der Waals surface area contributed by atoms with Crippen LogP contribution < -0.4 is 4.90 Å². The smallest absolute Gasteiger partial charge is 0.211 e. The first kappa shape index (κ1) is 17.8. The van der Waals surface area contributed by atoms with Crippen molar-refractivity contribution in [2.45, 2.75) is 13.0 Å². The molecule has 7 heteroatoms. The Labute approximate surface area is 159 Å². The summed E-state index contributed by atoms with van der Waals surface area (Å²) in [6, 6.07) is 13.7. The van der Waals surface area contributed by atoms with Crippen molar-refractivity contribution in [1.82, 2.24) is 9.29 Å². The lowest BCUT2D eigenvalue weighted by molar-refractivity contribution is 0.352. The van der Waals surface area contributed by atoms with Crippen LogP contribution >= 0.6 is 11.6 Å². The van der Waals surface area contributed by atoms with Crippen LogP contribution in [0.5, 0.6) is 0 Å². The minimum atomic E-state index is -3.25. The van der Waals surface area contributed by atoms with Gasteiger partial charge in [0.25, 0.3) is 0 Å². The zero-order valence-electron chi connectivity index (χ0n) is 14.8. The summed E-state index contributed by atoms with van der Waals surface area (Å²) in [5, 5.41) is 0.665. The van der Waals surface area contributed by atoms with E-state index in [1.165, 1.54) is 6.26 Å². The molecule has 1 aromatic carbocycles. The molecule has 26 heavy (non-hydrogen) atoms. The van der Waals surface area contributed by atoms with Gasteiger partial charge in [0, 0.05) is 25.6 Å². The van der Waals surface area contributed by atoms with Crippen LogP contribution in [0.4, 0.5) is 5.82 Å². The maximum Gasteiger partial charge on any atom is 0.211 e. The van der Waals surface area contributed by atoms with Gasteiger partial charge in [-0.05, 0) is 30.5 Å². The molecule has 3 atom stereocenters. The third-order valence-electron chi connectivity index (χ3n) is 5.52. The largest absolute Gasteiger partial charge is 0.356 e. The zero-order chi connectivity index (χ0) is 18.5. The summed E-state index contributed by atoms with van der Waals surface area (Å²) in [5.41, 5.74) is 1.88. The molecule has 0 saturated carbocycles. The second-order valence-electron chi connectivity index (χ2n) is 7.25. The van der Waals surface area contributed by atoms with Gasteiger partial charge in [0.2, 0.25) is 10.0 Å². The molecule has 2 aliphatic rings. The fraction of sp³-hybridized carbons (Fsp3) is 0.421. The Hall–Kier alpha value is -1.63. The second kappa shape index (κ2) is 6.51. The zero-order valence-corrected chi connectivity index (χ0v) is 16.4. The van der Waals surface area contributed by atoms with E-state index in [2.05, 4.69) is 9.88 Å². The molecule has 2 saturated heterocycles. The summed E-state index contributed by atoms with van der Waals surface area (Å²) in [6.45, 7) is 4.07. The van der Waals surface area contributed by atoms with Gasteiger partial charge in [-0.25, -0.2) is 13.4 Å². The fourth-order valence-corrected chi connectivity index (χ4v) is 5.56. The maximum absolute atomic E-state index is 12.4. The highest BCUT2D eigenvalue weighted by molar-refractivity contribution is 7.88. The van der Waals surface area contributed by atoms with Crippen molar-refractivity contribution in [2.75, 3.05) is 30.8 Å². The van der Waals surface area contributed by atoms with Crippen LogP contribution in [0.2, 0.25) is 5.02 Å². The van der Waals surface area contributed by atoms with Crippen molar-refractivity contribution in [3.63, 3.8) is 0 Å². The van der Waals surface area contributed by atoms with Crippen molar-refractivity contribution < 1.29 is 8.42 Å². The maximum atomic E-state index is 12.4. The van der Waals surface area contributed by atoms with Gasteiger partial charge in [0.15, 0.2) is 0 Å². The molecule has 1 aromatic heterocycles. The topological polar surface area (TPSA) is 53.5 Å². The van der Waals surface area contributed by atoms with Crippen LogP contribution in [0.1, 0.15) is 17.3 Å². The van der Waals surface area contributed by atoms with Gasteiger partial charge < -0.3 is 4.90 Å². The van der Waals surface area contributed by atoms with Crippen molar-refractivity contribution >= 4 is 27.4 Å². The van der Waals surface area contributed by atoms with Crippen LogP contribution in [0.3, 0.4) is 0 Å². The summed E-state index contributed by atoms with van der Waals surface area (Å²) in [5.74, 6) is 1.47. The third kappa shape index (κ3) is 3.10. The van der Waals surface area contributed by atoms with E-state index in [0.29, 0.717) is 17.5 Å². The van der Waals surface area contributed by atoms with E-state index in [0.717, 1.165) is 30.2 Å². The standard InChI is InChI=1S/C19H22ClN3O2S/c1-13-17(20)8-9-18(21-13)22-10-15-11-23(26(2,24)25)19(16(15)12-22)14-6-4-3-5-7-14/h3-9,15-16,19H,10-12H2,1-2H3/t15-,16-,19+/m1/s1. The molecule has 4 rings (SSSR count). The number of pyridine rings is 1. The summed E-state index contributed by atoms with van der Waals surface area (Å²) in [7, 11) is -3.25. The van der Waals surface area contributed by atoms with Crippen molar-refractivity contribution in [1.29, 1.82) is 0 Å². The Morgan fingerprint density at radius 1 is 1.08 bits per heavy atom. The van der Waals surface area contributed by atoms with Crippen molar-refractivity contribution in [3.05, 3.63) is 58.7 Å². The molecule has 0 spiro atoms. The molecule has 0 amide bonds. The fourth-order valence-electron chi connectivity index (χ4n) is 4.30. The number of benzene rings is 1. The Morgan fingerprint density at radius 2 is 1.81 bits per heavy atom. The minimum Gasteiger partial charge on any atom is -0.356 e. The lowest BCUT2D eigenvalue weighted by Gasteiger charge is -2.28. The highest BCUT2D eigenvalue weighted by atomic mass is 35.5. The summed E-state index contributed by atoms with van der Waals surface area (Å²) in [6.07, 6.45) is 1.31. The number of fused-ring (bicyclic) bond motifs is 1. The number of aryl methyl sites for hydroxylation is 1. The Morgan fingerprint density at radius 3 is 2.46 bits per heavy atom. The highest BCUT2D eigenvalue weighted by Gasteiger charge is 2.50. The SMILES string of the molecule is Cc1nc(N2C[C@@H]3CN(S(C)(=O)=O)[C@@H](c4ccccc4)[C@@H]3C2)ccc1Cl. The molecular formula is C19H22ClN3O2S. The lowest BCUT2D eigenvalue weighted by Crippen LogP contribution is -2.35. The third-order valence-corrected chi connectivity index (χ3v) is 7.15. The average Bonchev–Trinajstić information content (AvgIpc) is 3.15. The first-order valence-electron chi connectivity index (χ1n) is 8.74. The molecule has 138 valence electrons. The normalized spacial score (nSPS) is 26.3. The molecule has 0 unspecified atom stereocenters. The Bertz CT molecular complexity index is 920. The molecule has 0 bridgehead atoms. The monoisotopic (exact) mass is 391 g/mol. The molecule has 0 aliphatic carbocycles. The predicted molar refractivity (Wildman–Crippen MR) is 104 cm³/mol. The Kier molecular flexibility index (Phi) is 4.45. The van der Waals surface area contributed by atoms with E-state index < -0.39 is 10.0 Å². The lowest BCUT2D eigenvalue weighted by atomic mass is 9.90. The van der Waals surface area contributed by atoms with Crippen LogP contribution in [0.25, 0.3) is 0 Å². The molecule has 2 fully saturated rings. The van der Waals surface area contributed by atoms with E-state index >= 15 is 0 Å². The quantitative estimate of drug-likeness (QED) is 0.806. The van der Waals surface area contributed by atoms with Gasteiger partial charge in [-0.15, -0.1) is 0 Å². The van der Waals surface area contributed by atoms with E-state index in [4.69, 9.17) is 11.6 Å². The van der Waals surface area contributed by atoms with E-state index in [1.807, 2.05) is 49.4 Å². The molecular weight excluding hydrogens is 370 g/mol. The first-order chi connectivity index (χ1) is 12.3. The number of aromatic nitrogens is 1. The second-order valence-corrected chi connectivity index (χ2v) is 9.60. The Balaban J connectivity index is 1.66. The van der Waals surface area contributed by atoms with E-state index in [-0.39, 0.29) is 12.0 Å². The van der Waals surface area contributed by atoms with Crippen molar-refractivity contribution in [3.8, 4) is 0 Å². The van der Waals surface area contributed by atoms with E-state index in [9.17, 15) is 8.42 Å². The van der Waals surface area contributed by atoms with Gasteiger partial charge in [-0.2, -0.15) is 4.31 Å². The minimum absolute atomic E-state index is 0.116. The number of hydrogen-bond donors (Lipinski definition) is 0.